The third kappa shape index (κ3) is 7.79. The van der Waals surface area contributed by atoms with Crippen molar-refractivity contribution in [3.63, 3.8) is 0 Å². The highest BCUT2D eigenvalue weighted by atomic mass is 35.5. The van der Waals surface area contributed by atoms with Crippen molar-refractivity contribution in [3.05, 3.63) is 99.2 Å². The van der Waals surface area contributed by atoms with E-state index < -0.39 is 6.10 Å². The Morgan fingerprint density at radius 2 is 1.79 bits per heavy atom. The number of nitrogens with zero attached hydrogens (tertiary/aromatic N) is 2. The van der Waals surface area contributed by atoms with Crippen LogP contribution in [0.2, 0.25) is 5.02 Å². The number of amidine groups is 1. The first-order valence-electron chi connectivity index (χ1n) is 12.3. The van der Waals surface area contributed by atoms with Gasteiger partial charge < -0.3 is 31.2 Å². The van der Waals surface area contributed by atoms with Crippen LogP contribution >= 0.6 is 11.6 Å². The number of aliphatic hydroxyl groups excluding tert-OH is 2. The molecule has 1 unspecified atom stereocenters. The molecule has 4 rings (SSSR count). The lowest BCUT2D eigenvalue weighted by molar-refractivity contribution is -0.439. The zero-order valence-electron chi connectivity index (χ0n) is 22.1. The van der Waals surface area contributed by atoms with Gasteiger partial charge in [-0.1, -0.05) is 35.9 Å². The fraction of sp³-hybridized carbons (Fsp3) is 0.310. The molecule has 0 saturated carbocycles. The number of aliphatic imine (C=N–C) groups is 1. The van der Waals surface area contributed by atoms with Crippen LogP contribution < -0.4 is 10.6 Å². The molecule has 38 heavy (non-hydrogen) atoms. The lowest BCUT2D eigenvalue weighted by Crippen LogP contribution is -2.38. The Labute approximate surface area is 228 Å². The minimum atomic E-state index is -0.653. The topological polar surface area (TPSA) is 123 Å². The fourth-order valence-electron chi connectivity index (χ4n) is 3.82. The molecular formula is C29H35ClN4O4. The van der Waals surface area contributed by atoms with E-state index in [1.165, 1.54) is 6.07 Å². The highest BCUT2D eigenvalue weighted by Crippen LogP contribution is 2.28. The molecule has 0 saturated heterocycles. The molecule has 202 valence electrons. The molecule has 1 aliphatic rings. The minimum Gasteiger partial charge on any atom is -0.623 e. The average Bonchev–Trinajstić information content (AvgIpc) is 3.03. The number of fused-ring (bicyclic) bond motifs is 1. The Morgan fingerprint density at radius 1 is 1.08 bits per heavy atom. The molecule has 0 aromatic heterocycles. The van der Waals surface area contributed by atoms with E-state index in [9.17, 15) is 15.4 Å². The van der Waals surface area contributed by atoms with Gasteiger partial charge >= 0.3 is 0 Å². The zero-order valence-corrected chi connectivity index (χ0v) is 22.8. The molecule has 1 heterocycles. The van der Waals surface area contributed by atoms with Gasteiger partial charge in [-0.05, 0) is 68.8 Å². The van der Waals surface area contributed by atoms with Gasteiger partial charge in [-0.15, -0.1) is 0 Å². The summed E-state index contributed by atoms with van der Waals surface area (Å²) in [4.78, 5) is 4.51. The van der Waals surface area contributed by atoms with Gasteiger partial charge in [0.25, 0.3) is 0 Å². The lowest BCUT2D eigenvalue weighted by atomic mass is 10.0. The van der Waals surface area contributed by atoms with Gasteiger partial charge in [0.2, 0.25) is 12.3 Å². The van der Waals surface area contributed by atoms with Gasteiger partial charge in [0.15, 0.2) is 5.84 Å². The van der Waals surface area contributed by atoms with Crippen molar-refractivity contribution in [2.45, 2.75) is 39.0 Å². The number of hydrogen-bond donors (Lipinski definition) is 5. The predicted octanol–water partition coefficient (Wildman–Crippen LogP) is 4.26. The van der Waals surface area contributed by atoms with Crippen LogP contribution in [0, 0.1) is 5.21 Å². The molecule has 0 spiro atoms. The molecule has 0 bridgehead atoms. The van der Waals surface area contributed by atoms with E-state index in [1.807, 2.05) is 57.2 Å². The Morgan fingerprint density at radius 3 is 2.42 bits per heavy atom. The highest BCUT2D eigenvalue weighted by molar-refractivity contribution is 6.31. The normalized spacial score (nSPS) is 14.0. The molecule has 1 aliphatic heterocycles. The van der Waals surface area contributed by atoms with E-state index in [2.05, 4.69) is 15.6 Å². The number of aromatic hydroxyl groups is 1. The Balaban J connectivity index is 0.000000216. The maximum Gasteiger partial charge on any atom is 0.228 e. The second-order valence-corrected chi connectivity index (χ2v) is 10.4. The molecule has 0 radical (unpaired) electrons. The molecule has 9 heteroatoms. The molecule has 0 aliphatic carbocycles. The van der Waals surface area contributed by atoms with Gasteiger partial charge in [-0.25, -0.2) is 4.99 Å². The van der Waals surface area contributed by atoms with Crippen molar-refractivity contribution in [3.8, 4) is 5.75 Å². The van der Waals surface area contributed by atoms with Gasteiger partial charge in [0, 0.05) is 35.3 Å². The average molecular weight is 539 g/mol. The summed E-state index contributed by atoms with van der Waals surface area (Å²) in [5.74, 6) is 0.673. The number of aliphatic hydroxyl groups is 2. The largest absolute Gasteiger partial charge is 0.623 e. The Hall–Kier alpha value is -3.43. The van der Waals surface area contributed by atoms with Crippen molar-refractivity contribution in [2.24, 2.45) is 4.99 Å². The lowest BCUT2D eigenvalue weighted by Gasteiger charge is -2.23. The predicted molar refractivity (Wildman–Crippen MR) is 152 cm³/mol. The first-order valence-corrected chi connectivity index (χ1v) is 12.7. The van der Waals surface area contributed by atoms with Crippen LogP contribution in [0.3, 0.4) is 0 Å². The number of rotatable bonds is 5. The monoisotopic (exact) mass is 538 g/mol. The van der Waals surface area contributed by atoms with Crippen LogP contribution in [-0.2, 0) is 6.61 Å². The Bertz CT molecular complexity index is 1300. The summed E-state index contributed by atoms with van der Waals surface area (Å²) in [5.41, 5.74) is 3.97. The Kier molecular flexibility index (Phi) is 9.88. The zero-order chi connectivity index (χ0) is 27.9. The SMILES string of the molecule is CC(C)(C)NCC(O)c1ccc(O)c(CO)c1.CNC1=Nc2ccc(Cl)cc2C(c2ccccc2)=[N+]([O-])C1. The maximum atomic E-state index is 12.6. The number of β-amino-alcohol motifs (C(OH)–C–C–N with tert-alkyl or cyclic N) is 1. The van der Waals surface area contributed by atoms with E-state index in [0.29, 0.717) is 34.2 Å². The number of benzene rings is 3. The van der Waals surface area contributed by atoms with Gasteiger partial charge in [0.1, 0.15) is 5.75 Å². The summed E-state index contributed by atoms with van der Waals surface area (Å²) in [6.45, 7) is 6.44. The summed E-state index contributed by atoms with van der Waals surface area (Å²) in [6, 6.07) is 19.7. The van der Waals surface area contributed by atoms with E-state index in [-0.39, 0.29) is 24.4 Å². The molecule has 0 fully saturated rings. The molecule has 1 atom stereocenters. The van der Waals surface area contributed by atoms with Crippen LogP contribution in [0.15, 0.2) is 71.7 Å². The number of likely N-dealkylation sites (N-methyl/N-ethyl adjacent to an activating group) is 1. The highest BCUT2D eigenvalue weighted by Gasteiger charge is 2.24. The third-order valence-electron chi connectivity index (χ3n) is 5.83. The summed E-state index contributed by atoms with van der Waals surface area (Å²) in [7, 11) is 1.76. The summed E-state index contributed by atoms with van der Waals surface area (Å²) < 4.78 is 0.951. The summed E-state index contributed by atoms with van der Waals surface area (Å²) in [6.07, 6.45) is -0.653. The fourth-order valence-corrected chi connectivity index (χ4v) is 3.99. The van der Waals surface area contributed by atoms with Crippen LogP contribution in [0.1, 0.15) is 49.1 Å². The number of hydroxylamine groups is 1. The number of nitrogens with one attached hydrogen (secondary N) is 2. The van der Waals surface area contributed by atoms with Crippen molar-refractivity contribution in [1.82, 2.24) is 10.6 Å². The van der Waals surface area contributed by atoms with Crippen LogP contribution in [0.25, 0.3) is 0 Å². The van der Waals surface area contributed by atoms with Crippen molar-refractivity contribution >= 4 is 28.8 Å². The van der Waals surface area contributed by atoms with E-state index in [0.717, 1.165) is 21.6 Å². The van der Waals surface area contributed by atoms with Crippen LogP contribution in [0.4, 0.5) is 5.69 Å². The molecule has 0 amide bonds. The first kappa shape index (κ1) is 29.1. The second kappa shape index (κ2) is 12.9. The quantitative estimate of drug-likeness (QED) is 0.244. The molecule has 5 N–H and O–H groups in total. The number of phenols is 1. The van der Waals surface area contributed by atoms with Crippen molar-refractivity contribution < 1.29 is 20.1 Å². The van der Waals surface area contributed by atoms with E-state index in [4.69, 9.17) is 16.7 Å². The second-order valence-electron chi connectivity index (χ2n) is 9.91. The van der Waals surface area contributed by atoms with Gasteiger partial charge in [-0.3, -0.25) is 0 Å². The molecular weight excluding hydrogens is 504 g/mol. The van der Waals surface area contributed by atoms with E-state index >= 15 is 0 Å². The number of hydrogen-bond acceptors (Lipinski definition) is 7. The summed E-state index contributed by atoms with van der Waals surface area (Å²) in [5, 5.41) is 47.7. The smallest absolute Gasteiger partial charge is 0.228 e. The van der Waals surface area contributed by atoms with E-state index in [1.54, 1.807) is 31.3 Å². The van der Waals surface area contributed by atoms with Crippen LogP contribution in [0.5, 0.6) is 5.75 Å². The van der Waals surface area contributed by atoms with Crippen molar-refractivity contribution in [2.75, 3.05) is 20.1 Å². The molecule has 8 nitrogen and oxygen atoms in total. The van der Waals surface area contributed by atoms with Crippen LogP contribution in [-0.4, -0.2) is 57.3 Å². The first-order chi connectivity index (χ1) is 18.0. The minimum absolute atomic E-state index is 0.0484. The third-order valence-corrected chi connectivity index (χ3v) is 6.07. The summed E-state index contributed by atoms with van der Waals surface area (Å²) >= 11 is 6.10. The van der Waals surface area contributed by atoms with Crippen molar-refractivity contribution in [1.29, 1.82) is 0 Å². The molecule has 3 aromatic carbocycles. The maximum absolute atomic E-state index is 12.6. The van der Waals surface area contributed by atoms with Gasteiger partial charge in [0.05, 0.1) is 24.0 Å². The number of halogens is 1. The van der Waals surface area contributed by atoms with Gasteiger partial charge in [-0.2, -0.15) is 4.74 Å². The standard InChI is InChI=1S/C16H14ClN3O.C13H21NO3/c1-18-15-10-20(21)16(11-5-3-2-4-6-11)13-9-12(17)7-8-14(13)19-15;1-13(2,3)14-7-12(17)9-4-5-11(16)10(6-9)8-15/h2-9H,10H2,1H3,(H,18,19);4-6,12,14-17H,7-8H2,1-3H3. The molecule has 3 aromatic rings.